The molecule has 0 unspecified atom stereocenters. The predicted octanol–water partition coefficient (Wildman–Crippen LogP) is 1.03. The van der Waals surface area contributed by atoms with Crippen molar-refractivity contribution in [2.75, 3.05) is 45.7 Å². The molecule has 7 nitrogen and oxygen atoms in total. The molecular weight excluding hydrogens is 246 g/mol. The van der Waals surface area contributed by atoms with E-state index in [9.17, 15) is 0 Å². The Balaban J connectivity index is 2.52. The minimum Gasteiger partial charge on any atom is -0.467 e. The Hall–Kier alpha value is -1.63. The van der Waals surface area contributed by atoms with Gasteiger partial charge in [0.05, 0.1) is 14.2 Å². The summed E-state index contributed by atoms with van der Waals surface area (Å²) in [5.41, 5.74) is 0. The number of aromatic nitrogens is 3. The molecule has 0 aliphatic rings. The monoisotopic (exact) mass is 269 g/mol. The van der Waals surface area contributed by atoms with Crippen LogP contribution in [0.25, 0.3) is 0 Å². The fourth-order valence-corrected chi connectivity index (χ4v) is 1.67. The third-order valence-corrected chi connectivity index (χ3v) is 2.66. The van der Waals surface area contributed by atoms with E-state index in [1.165, 1.54) is 14.2 Å². The van der Waals surface area contributed by atoms with E-state index in [1.807, 2.05) is 0 Å². The van der Waals surface area contributed by atoms with Crippen LogP contribution < -0.4 is 14.8 Å². The summed E-state index contributed by atoms with van der Waals surface area (Å²) in [5, 5.41) is 3.15. The van der Waals surface area contributed by atoms with Gasteiger partial charge >= 0.3 is 12.0 Å². The van der Waals surface area contributed by atoms with E-state index in [-0.39, 0.29) is 12.0 Å². The van der Waals surface area contributed by atoms with Crippen molar-refractivity contribution in [3.05, 3.63) is 0 Å². The van der Waals surface area contributed by atoms with Gasteiger partial charge in [0.15, 0.2) is 0 Å². The highest BCUT2D eigenvalue weighted by Crippen LogP contribution is 2.11. The SMILES string of the molecule is CCCN(CC)CCNc1nc(OC)nc(OC)n1. The predicted molar refractivity (Wildman–Crippen MR) is 73.8 cm³/mol. The van der Waals surface area contributed by atoms with E-state index in [4.69, 9.17) is 9.47 Å². The van der Waals surface area contributed by atoms with Crippen molar-refractivity contribution in [2.24, 2.45) is 0 Å². The lowest BCUT2D eigenvalue weighted by atomic mass is 10.4. The quantitative estimate of drug-likeness (QED) is 0.718. The first-order chi connectivity index (χ1) is 9.23. The maximum atomic E-state index is 4.99. The number of nitrogens with zero attached hydrogens (tertiary/aromatic N) is 4. The maximum Gasteiger partial charge on any atom is 0.324 e. The molecule has 0 aliphatic heterocycles. The Labute approximate surface area is 114 Å². The molecule has 1 aromatic heterocycles. The van der Waals surface area contributed by atoms with Gasteiger partial charge in [-0.05, 0) is 19.5 Å². The molecule has 0 radical (unpaired) electrons. The molecule has 0 aromatic carbocycles. The molecule has 1 rings (SSSR count). The lowest BCUT2D eigenvalue weighted by Gasteiger charge is -2.19. The first-order valence-electron chi connectivity index (χ1n) is 6.53. The van der Waals surface area contributed by atoms with Crippen LogP contribution in [0.3, 0.4) is 0 Å². The van der Waals surface area contributed by atoms with Crippen molar-refractivity contribution in [3.63, 3.8) is 0 Å². The van der Waals surface area contributed by atoms with Crippen LogP contribution in [0.5, 0.6) is 12.0 Å². The van der Waals surface area contributed by atoms with Gasteiger partial charge in [0.1, 0.15) is 0 Å². The Morgan fingerprint density at radius 1 is 1.00 bits per heavy atom. The summed E-state index contributed by atoms with van der Waals surface area (Å²) < 4.78 is 9.98. The number of rotatable bonds is 9. The summed E-state index contributed by atoms with van der Waals surface area (Å²) in [6.07, 6.45) is 1.15. The molecule has 7 heteroatoms. The standard InChI is InChI=1S/C12H23N5O2/c1-5-8-17(6-2)9-7-13-10-14-11(18-3)16-12(15-10)19-4/h5-9H2,1-4H3,(H,13,14,15,16). The van der Waals surface area contributed by atoms with Crippen LogP contribution in [0.1, 0.15) is 20.3 Å². The molecule has 0 fully saturated rings. The molecular formula is C12H23N5O2. The smallest absolute Gasteiger partial charge is 0.324 e. The molecule has 1 heterocycles. The van der Waals surface area contributed by atoms with Crippen molar-refractivity contribution >= 4 is 5.95 Å². The fraction of sp³-hybridized carbons (Fsp3) is 0.750. The molecule has 0 amide bonds. The number of anilines is 1. The number of ether oxygens (including phenoxy) is 2. The van der Waals surface area contributed by atoms with Crippen molar-refractivity contribution in [3.8, 4) is 12.0 Å². The van der Waals surface area contributed by atoms with Crippen LogP contribution in [-0.4, -0.2) is 60.3 Å². The average molecular weight is 269 g/mol. The number of hydrogen-bond acceptors (Lipinski definition) is 7. The maximum absolute atomic E-state index is 4.99. The lowest BCUT2D eigenvalue weighted by Crippen LogP contribution is -2.30. The molecule has 0 bridgehead atoms. The highest BCUT2D eigenvalue weighted by molar-refractivity contribution is 5.27. The number of likely N-dealkylation sites (N-methyl/N-ethyl adjacent to an activating group) is 1. The van der Waals surface area contributed by atoms with E-state index in [0.717, 1.165) is 32.6 Å². The van der Waals surface area contributed by atoms with Crippen LogP contribution in [-0.2, 0) is 0 Å². The van der Waals surface area contributed by atoms with Crippen LogP contribution in [0.4, 0.5) is 5.95 Å². The van der Waals surface area contributed by atoms with Crippen molar-refractivity contribution in [2.45, 2.75) is 20.3 Å². The van der Waals surface area contributed by atoms with Gasteiger partial charge in [-0.25, -0.2) is 0 Å². The minimum atomic E-state index is 0.246. The van der Waals surface area contributed by atoms with Crippen LogP contribution in [0, 0.1) is 0 Å². The summed E-state index contributed by atoms with van der Waals surface area (Å²) in [5.74, 6) is 0.469. The Morgan fingerprint density at radius 2 is 1.63 bits per heavy atom. The molecule has 0 spiro atoms. The Kier molecular flexibility index (Phi) is 6.88. The fourth-order valence-electron chi connectivity index (χ4n) is 1.67. The van der Waals surface area contributed by atoms with E-state index in [1.54, 1.807) is 0 Å². The van der Waals surface area contributed by atoms with Crippen LogP contribution in [0.2, 0.25) is 0 Å². The van der Waals surface area contributed by atoms with Gasteiger partial charge in [-0.1, -0.05) is 13.8 Å². The summed E-state index contributed by atoms with van der Waals surface area (Å²) in [4.78, 5) is 14.5. The molecule has 108 valence electrons. The third kappa shape index (κ3) is 5.25. The summed E-state index contributed by atoms with van der Waals surface area (Å²) in [6.45, 7) is 8.19. The molecule has 1 aromatic rings. The summed E-state index contributed by atoms with van der Waals surface area (Å²) >= 11 is 0. The molecule has 0 saturated heterocycles. The van der Waals surface area contributed by atoms with Gasteiger partial charge in [-0.15, -0.1) is 4.98 Å². The lowest BCUT2D eigenvalue weighted by molar-refractivity contribution is 0.299. The average Bonchev–Trinajstić information content (AvgIpc) is 2.45. The molecule has 19 heavy (non-hydrogen) atoms. The van der Waals surface area contributed by atoms with Gasteiger partial charge in [0.2, 0.25) is 5.95 Å². The second kappa shape index (κ2) is 8.47. The molecule has 0 aliphatic carbocycles. The summed E-state index contributed by atoms with van der Waals surface area (Å²) in [7, 11) is 3.03. The van der Waals surface area contributed by atoms with E-state index < -0.39 is 0 Å². The van der Waals surface area contributed by atoms with E-state index in [0.29, 0.717) is 5.95 Å². The highest BCUT2D eigenvalue weighted by atomic mass is 16.5. The van der Waals surface area contributed by atoms with Crippen LogP contribution >= 0.6 is 0 Å². The van der Waals surface area contributed by atoms with Gasteiger partial charge in [0.25, 0.3) is 0 Å². The normalized spacial score (nSPS) is 10.6. The van der Waals surface area contributed by atoms with Crippen molar-refractivity contribution < 1.29 is 9.47 Å². The second-order valence-corrected chi connectivity index (χ2v) is 3.99. The zero-order valence-corrected chi connectivity index (χ0v) is 12.1. The highest BCUT2D eigenvalue weighted by Gasteiger charge is 2.07. The molecule has 0 saturated carbocycles. The van der Waals surface area contributed by atoms with Gasteiger partial charge < -0.3 is 19.7 Å². The summed E-state index contributed by atoms with van der Waals surface area (Å²) in [6, 6.07) is 0.491. The third-order valence-electron chi connectivity index (χ3n) is 2.66. The Bertz CT molecular complexity index is 353. The molecule has 0 atom stereocenters. The first-order valence-corrected chi connectivity index (χ1v) is 6.53. The topological polar surface area (TPSA) is 72.4 Å². The minimum absolute atomic E-state index is 0.246. The Morgan fingerprint density at radius 3 is 2.11 bits per heavy atom. The van der Waals surface area contributed by atoms with Crippen molar-refractivity contribution in [1.82, 2.24) is 19.9 Å². The van der Waals surface area contributed by atoms with Crippen LogP contribution in [0.15, 0.2) is 0 Å². The van der Waals surface area contributed by atoms with E-state index in [2.05, 4.69) is 39.0 Å². The largest absolute Gasteiger partial charge is 0.467 e. The number of methoxy groups -OCH3 is 2. The van der Waals surface area contributed by atoms with E-state index >= 15 is 0 Å². The van der Waals surface area contributed by atoms with Gasteiger partial charge in [-0.2, -0.15) is 9.97 Å². The zero-order chi connectivity index (χ0) is 14.1. The molecule has 1 N–H and O–H groups in total. The zero-order valence-electron chi connectivity index (χ0n) is 12.1. The second-order valence-electron chi connectivity index (χ2n) is 3.99. The van der Waals surface area contributed by atoms with Gasteiger partial charge in [0, 0.05) is 13.1 Å². The first kappa shape index (κ1) is 15.4. The number of hydrogen-bond donors (Lipinski definition) is 1. The number of nitrogens with one attached hydrogen (secondary N) is 1. The van der Waals surface area contributed by atoms with Gasteiger partial charge in [-0.3, -0.25) is 0 Å². The van der Waals surface area contributed by atoms with Crippen molar-refractivity contribution in [1.29, 1.82) is 0 Å².